The number of hydrogen-bond donors (Lipinski definition) is 2. The van der Waals surface area contributed by atoms with Gasteiger partial charge in [-0.15, -0.1) is 0 Å². The SMILES string of the molecule is CC(c1ccccc1)C(C#N)NCCCO. The number of hydrogen-bond acceptors (Lipinski definition) is 3. The molecular formula is C13H18N2O. The van der Waals surface area contributed by atoms with Crippen molar-refractivity contribution in [3.63, 3.8) is 0 Å². The molecule has 1 rings (SSSR count). The van der Waals surface area contributed by atoms with Crippen LogP contribution in [0.3, 0.4) is 0 Å². The minimum absolute atomic E-state index is 0.157. The van der Waals surface area contributed by atoms with E-state index in [9.17, 15) is 0 Å². The van der Waals surface area contributed by atoms with E-state index in [2.05, 4.69) is 11.4 Å². The molecule has 2 atom stereocenters. The highest BCUT2D eigenvalue weighted by Gasteiger charge is 2.17. The first-order valence-corrected chi connectivity index (χ1v) is 5.58. The van der Waals surface area contributed by atoms with Gasteiger partial charge in [-0.1, -0.05) is 37.3 Å². The Morgan fingerprint density at radius 2 is 2.06 bits per heavy atom. The van der Waals surface area contributed by atoms with E-state index in [4.69, 9.17) is 10.4 Å². The molecule has 0 aliphatic rings. The fraction of sp³-hybridized carbons (Fsp3) is 0.462. The van der Waals surface area contributed by atoms with E-state index >= 15 is 0 Å². The Labute approximate surface area is 96.7 Å². The predicted molar refractivity (Wildman–Crippen MR) is 64.0 cm³/mol. The molecule has 3 nitrogen and oxygen atoms in total. The number of nitriles is 1. The summed E-state index contributed by atoms with van der Waals surface area (Å²) in [7, 11) is 0. The van der Waals surface area contributed by atoms with Gasteiger partial charge in [-0.25, -0.2) is 0 Å². The Balaban J connectivity index is 2.57. The molecule has 86 valence electrons. The van der Waals surface area contributed by atoms with Crippen LogP contribution in [-0.2, 0) is 0 Å². The largest absolute Gasteiger partial charge is 0.396 e. The standard InChI is InChI=1S/C13H18N2O/c1-11(12-6-3-2-4-7-12)13(10-14)15-8-5-9-16/h2-4,6-7,11,13,15-16H,5,8-9H2,1H3. The molecule has 2 unspecified atom stereocenters. The normalized spacial score (nSPS) is 14.1. The zero-order valence-electron chi connectivity index (χ0n) is 9.56. The molecule has 0 aromatic heterocycles. The summed E-state index contributed by atoms with van der Waals surface area (Å²) in [6.07, 6.45) is 0.680. The second kappa shape index (κ2) is 7.00. The summed E-state index contributed by atoms with van der Waals surface area (Å²) in [6.45, 7) is 2.87. The van der Waals surface area contributed by atoms with Crippen molar-refractivity contribution in [2.24, 2.45) is 0 Å². The van der Waals surface area contributed by atoms with E-state index < -0.39 is 0 Å². The number of benzene rings is 1. The molecule has 0 aliphatic carbocycles. The quantitative estimate of drug-likeness (QED) is 0.714. The van der Waals surface area contributed by atoms with Gasteiger partial charge in [0.05, 0.1) is 6.07 Å². The predicted octanol–water partition coefficient (Wildman–Crippen LogP) is 1.65. The van der Waals surface area contributed by atoms with Gasteiger partial charge in [0.25, 0.3) is 0 Å². The van der Waals surface area contributed by atoms with Crippen LogP contribution >= 0.6 is 0 Å². The Hall–Kier alpha value is -1.37. The van der Waals surface area contributed by atoms with Gasteiger partial charge in [0.2, 0.25) is 0 Å². The van der Waals surface area contributed by atoms with E-state index in [0.717, 1.165) is 5.56 Å². The number of aliphatic hydroxyl groups is 1. The minimum Gasteiger partial charge on any atom is -0.396 e. The summed E-state index contributed by atoms with van der Waals surface area (Å²) >= 11 is 0. The molecule has 2 N–H and O–H groups in total. The molecule has 0 saturated carbocycles. The highest BCUT2D eigenvalue weighted by molar-refractivity contribution is 5.22. The summed E-state index contributed by atoms with van der Waals surface area (Å²) in [4.78, 5) is 0. The van der Waals surface area contributed by atoms with E-state index in [0.29, 0.717) is 13.0 Å². The molecular weight excluding hydrogens is 200 g/mol. The lowest BCUT2D eigenvalue weighted by atomic mass is 9.94. The van der Waals surface area contributed by atoms with Crippen LogP contribution in [0.2, 0.25) is 0 Å². The van der Waals surface area contributed by atoms with Crippen LogP contribution in [0.5, 0.6) is 0 Å². The molecule has 0 amide bonds. The second-order valence-electron chi connectivity index (χ2n) is 3.84. The first-order valence-electron chi connectivity index (χ1n) is 5.58. The summed E-state index contributed by atoms with van der Waals surface area (Å²) < 4.78 is 0. The molecule has 3 heteroatoms. The van der Waals surface area contributed by atoms with Crippen LogP contribution in [0.15, 0.2) is 30.3 Å². The molecule has 0 bridgehead atoms. The van der Waals surface area contributed by atoms with Gasteiger partial charge < -0.3 is 10.4 Å². The average molecular weight is 218 g/mol. The maximum atomic E-state index is 9.08. The summed E-state index contributed by atoms with van der Waals surface area (Å²) in [5.74, 6) is 0.157. The Morgan fingerprint density at radius 3 is 2.62 bits per heavy atom. The first kappa shape index (κ1) is 12.7. The smallest absolute Gasteiger partial charge is 0.102 e. The highest BCUT2D eigenvalue weighted by atomic mass is 16.3. The summed E-state index contributed by atoms with van der Waals surface area (Å²) in [5.41, 5.74) is 1.16. The lowest BCUT2D eigenvalue weighted by Gasteiger charge is -2.19. The summed E-state index contributed by atoms with van der Waals surface area (Å²) in [6, 6.07) is 12.1. The topological polar surface area (TPSA) is 56.0 Å². The van der Waals surface area contributed by atoms with Crippen molar-refractivity contribution in [2.45, 2.75) is 25.3 Å². The van der Waals surface area contributed by atoms with Crippen molar-refractivity contribution in [3.05, 3.63) is 35.9 Å². The fourth-order valence-corrected chi connectivity index (χ4v) is 1.62. The molecule has 1 aromatic rings. The van der Waals surface area contributed by atoms with Gasteiger partial charge in [0.15, 0.2) is 0 Å². The number of rotatable bonds is 6. The van der Waals surface area contributed by atoms with Crippen molar-refractivity contribution < 1.29 is 5.11 Å². The molecule has 1 aromatic carbocycles. The third-order valence-electron chi connectivity index (χ3n) is 2.66. The lowest BCUT2D eigenvalue weighted by molar-refractivity contribution is 0.284. The van der Waals surface area contributed by atoms with Gasteiger partial charge in [0.1, 0.15) is 6.04 Å². The Morgan fingerprint density at radius 1 is 1.38 bits per heavy atom. The van der Waals surface area contributed by atoms with Crippen molar-refractivity contribution in [1.29, 1.82) is 5.26 Å². The van der Waals surface area contributed by atoms with Crippen molar-refractivity contribution in [3.8, 4) is 6.07 Å². The molecule has 0 spiro atoms. The molecule has 0 aliphatic heterocycles. The Kier molecular flexibility index (Phi) is 5.55. The number of nitrogens with one attached hydrogen (secondary N) is 1. The summed E-state index contributed by atoms with van der Waals surface area (Å²) in [5, 5.41) is 20.9. The Bertz CT molecular complexity index is 332. The second-order valence-corrected chi connectivity index (χ2v) is 3.84. The maximum absolute atomic E-state index is 9.08. The molecule has 0 radical (unpaired) electrons. The molecule has 0 saturated heterocycles. The average Bonchev–Trinajstić information content (AvgIpc) is 2.35. The maximum Gasteiger partial charge on any atom is 0.102 e. The van der Waals surface area contributed by atoms with E-state index in [1.807, 2.05) is 37.3 Å². The minimum atomic E-state index is -0.200. The van der Waals surface area contributed by atoms with E-state index in [-0.39, 0.29) is 18.6 Å². The molecule has 16 heavy (non-hydrogen) atoms. The van der Waals surface area contributed by atoms with Gasteiger partial charge in [-0.05, 0) is 18.5 Å². The molecule has 0 fully saturated rings. The van der Waals surface area contributed by atoms with Crippen LogP contribution in [0.1, 0.15) is 24.8 Å². The zero-order valence-corrected chi connectivity index (χ0v) is 9.56. The van der Waals surface area contributed by atoms with Crippen LogP contribution in [0, 0.1) is 11.3 Å². The lowest BCUT2D eigenvalue weighted by Crippen LogP contribution is -2.33. The zero-order chi connectivity index (χ0) is 11.8. The van der Waals surface area contributed by atoms with Crippen molar-refractivity contribution in [1.82, 2.24) is 5.32 Å². The van der Waals surface area contributed by atoms with Crippen LogP contribution in [-0.4, -0.2) is 24.3 Å². The third kappa shape index (κ3) is 3.65. The third-order valence-corrected chi connectivity index (χ3v) is 2.66. The van der Waals surface area contributed by atoms with Gasteiger partial charge in [-0.2, -0.15) is 5.26 Å². The van der Waals surface area contributed by atoms with E-state index in [1.165, 1.54) is 0 Å². The van der Waals surface area contributed by atoms with Crippen LogP contribution in [0.4, 0.5) is 0 Å². The van der Waals surface area contributed by atoms with Crippen molar-refractivity contribution >= 4 is 0 Å². The van der Waals surface area contributed by atoms with E-state index in [1.54, 1.807) is 0 Å². The highest BCUT2D eigenvalue weighted by Crippen LogP contribution is 2.18. The molecule has 0 heterocycles. The van der Waals surface area contributed by atoms with Gasteiger partial charge in [-0.3, -0.25) is 0 Å². The van der Waals surface area contributed by atoms with Crippen LogP contribution in [0.25, 0.3) is 0 Å². The van der Waals surface area contributed by atoms with Gasteiger partial charge in [0, 0.05) is 12.5 Å². The first-order chi connectivity index (χ1) is 7.79. The number of nitrogens with zero attached hydrogens (tertiary/aromatic N) is 1. The van der Waals surface area contributed by atoms with Crippen molar-refractivity contribution in [2.75, 3.05) is 13.2 Å². The van der Waals surface area contributed by atoms with Crippen LogP contribution < -0.4 is 5.32 Å². The number of aliphatic hydroxyl groups excluding tert-OH is 1. The van der Waals surface area contributed by atoms with Gasteiger partial charge >= 0.3 is 0 Å². The monoisotopic (exact) mass is 218 g/mol. The fourth-order valence-electron chi connectivity index (χ4n) is 1.62.